The number of hydrogen-bond acceptors (Lipinski definition) is 2. The van der Waals surface area contributed by atoms with Crippen molar-refractivity contribution in [2.75, 3.05) is 0 Å². The lowest BCUT2D eigenvalue weighted by atomic mass is 9.94. The standard InChI is InChI=1S/C10H16O2/c1-4-6-9(8(3)11)10(12)7-5-2/h5,7,9H,4,6H2,1-3H3. The minimum Gasteiger partial charge on any atom is -0.299 e. The second kappa shape index (κ2) is 5.70. The summed E-state index contributed by atoms with van der Waals surface area (Å²) in [6, 6.07) is 0. The Hall–Kier alpha value is -0.920. The van der Waals surface area contributed by atoms with Crippen LogP contribution in [0.2, 0.25) is 0 Å². The number of ketones is 2. The predicted molar refractivity (Wildman–Crippen MR) is 48.9 cm³/mol. The van der Waals surface area contributed by atoms with E-state index in [4.69, 9.17) is 0 Å². The van der Waals surface area contributed by atoms with Crippen molar-refractivity contribution >= 4 is 11.6 Å². The molecule has 2 nitrogen and oxygen atoms in total. The highest BCUT2D eigenvalue weighted by atomic mass is 16.1. The van der Waals surface area contributed by atoms with Crippen LogP contribution < -0.4 is 0 Å². The van der Waals surface area contributed by atoms with Crippen LogP contribution in [0.1, 0.15) is 33.6 Å². The van der Waals surface area contributed by atoms with E-state index < -0.39 is 5.92 Å². The van der Waals surface area contributed by atoms with Crippen molar-refractivity contribution in [2.24, 2.45) is 5.92 Å². The van der Waals surface area contributed by atoms with Gasteiger partial charge in [-0.05, 0) is 26.3 Å². The van der Waals surface area contributed by atoms with Crippen LogP contribution in [0, 0.1) is 5.92 Å². The van der Waals surface area contributed by atoms with E-state index in [1.54, 1.807) is 13.0 Å². The largest absolute Gasteiger partial charge is 0.299 e. The monoisotopic (exact) mass is 168 g/mol. The molecule has 68 valence electrons. The number of hydrogen-bond donors (Lipinski definition) is 0. The van der Waals surface area contributed by atoms with Gasteiger partial charge in [-0.2, -0.15) is 0 Å². The number of carbonyl (C=O) groups excluding carboxylic acids is 2. The zero-order valence-corrected chi connectivity index (χ0v) is 7.96. The van der Waals surface area contributed by atoms with E-state index in [0.29, 0.717) is 6.42 Å². The van der Waals surface area contributed by atoms with Crippen LogP contribution in [0.25, 0.3) is 0 Å². The van der Waals surface area contributed by atoms with E-state index in [0.717, 1.165) is 6.42 Å². The smallest absolute Gasteiger partial charge is 0.165 e. The van der Waals surface area contributed by atoms with Gasteiger partial charge in [-0.1, -0.05) is 19.4 Å². The van der Waals surface area contributed by atoms with Gasteiger partial charge in [0.25, 0.3) is 0 Å². The second-order valence-corrected chi connectivity index (χ2v) is 2.85. The lowest BCUT2D eigenvalue weighted by Crippen LogP contribution is -2.19. The molecule has 0 spiro atoms. The Morgan fingerprint density at radius 1 is 1.42 bits per heavy atom. The van der Waals surface area contributed by atoms with E-state index in [1.807, 2.05) is 6.92 Å². The molecule has 0 aromatic rings. The van der Waals surface area contributed by atoms with Crippen molar-refractivity contribution in [3.8, 4) is 0 Å². The Labute approximate surface area is 73.7 Å². The van der Waals surface area contributed by atoms with Crippen molar-refractivity contribution in [1.82, 2.24) is 0 Å². The molecule has 0 radical (unpaired) electrons. The van der Waals surface area contributed by atoms with Gasteiger partial charge in [0.1, 0.15) is 5.78 Å². The molecule has 0 aliphatic heterocycles. The maximum absolute atomic E-state index is 11.3. The molecule has 0 aromatic heterocycles. The summed E-state index contributed by atoms with van der Waals surface area (Å²) in [7, 11) is 0. The summed E-state index contributed by atoms with van der Waals surface area (Å²) in [5, 5.41) is 0. The summed E-state index contributed by atoms with van der Waals surface area (Å²) in [6.45, 7) is 5.22. The zero-order valence-electron chi connectivity index (χ0n) is 7.96. The molecular weight excluding hydrogens is 152 g/mol. The second-order valence-electron chi connectivity index (χ2n) is 2.85. The average Bonchev–Trinajstić information content (AvgIpc) is 1.99. The highest BCUT2D eigenvalue weighted by molar-refractivity contribution is 6.06. The van der Waals surface area contributed by atoms with E-state index in [1.165, 1.54) is 13.0 Å². The summed E-state index contributed by atoms with van der Waals surface area (Å²) >= 11 is 0. The molecule has 0 aromatic carbocycles. The number of Topliss-reactive ketones (excluding diaryl/α,β-unsaturated/α-hetero) is 1. The van der Waals surface area contributed by atoms with Crippen LogP contribution >= 0.6 is 0 Å². The Balaban J connectivity index is 4.29. The summed E-state index contributed by atoms with van der Waals surface area (Å²) in [5.74, 6) is -0.502. The Morgan fingerprint density at radius 2 is 2.00 bits per heavy atom. The van der Waals surface area contributed by atoms with Gasteiger partial charge in [-0.25, -0.2) is 0 Å². The van der Waals surface area contributed by atoms with Gasteiger partial charge in [-0.15, -0.1) is 0 Å². The molecule has 1 atom stereocenters. The third-order valence-electron chi connectivity index (χ3n) is 1.74. The molecule has 1 unspecified atom stereocenters. The molecule has 12 heavy (non-hydrogen) atoms. The van der Waals surface area contributed by atoms with Crippen molar-refractivity contribution in [1.29, 1.82) is 0 Å². The number of carbonyl (C=O) groups is 2. The quantitative estimate of drug-likeness (QED) is 0.465. The molecule has 0 heterocycles. The van der Waals surface area contributed by atoms with E-state index in [9.17, 15) is 9.59 Å². The van der Waals surface area contributed by atoms with Crippen LogP contribution in [0.5, 0.6) is 0 Å². The molecule has 0 aliphatic carbocycles. The Kier molecular flexibility index (Phi) is 5.26. The molecule has 0 aliphatic rings. The zero-order chi connectivity index (χ0) is 9.56. The van der Waals surface area contributed by atoms with Crippen LogP contribution in [0.15, 0.2) is 12.2 Å². The average molecular weight is 168 g/mol. The van der Waals surface area contributed by atoms with Crippen LogP contribution in [0.3, 0.4) is 0 Å². The molecule has 0 rings (SSSR count). The highest BCUT2D eigenvalue weighted by Gasteiger charge is 2.19. The van der Waals surface area contributed by atoms with Crippen LogP contribution in [0.4, 0.5) is 0 Å². The molecule has 0 N–H and O–H groups in total. The fourth-order valence-electron chi connectivity index (χ4n) is 1.11. The number of rotatable bonds is 5. The first kappa shape index (κ1) is 11.1. The normalized spacial score (nSPS) is 13.2. The first-order valence-corrected chi connectivity index (χ1v) is 4.30. The maximum atomic E-state index is 11.3. The first-order chi connectivity index (χ1) is 5.63. The summed E-state index contributed by atoms with van der Waals surface area (Å²) < 4.78 is 0. The maximum Gasteiger partial charge on any atom is 0.165 e. The molecular formula is C10H16O2. The third kappa shape index (κ3) is 3.46. The molecule has 0 saturated heterocycles. The minimum absolute atomic E-state index is 0.0278. The van der Waals surface area contributed by atoms with Crippen molar-refractivity contribution < 1.29 is 9.59 Å². The first-order valence-electron chi connectivity index (χ1n) is 4.30. The highest BCUT2D eigenvalue weighted by Crippen LogP contribution is 2.09. The van der Waals surface area contributed by atoms with E-state index >= 15 is 0 Å². The van der Waals surface area contributed by atoms with Crippen molar-refractivity contribution in [3.63, 3.8) is 0 Å². The van der Waals surface area contributed by atoms with Gasteiger partial charge in [0.2, 0.25) is 0 Å². The molecule has 0 saturated carbocycles. The fraction of sp³-hybridized carbons (Fsp3) is 0.600. The van der Waals surface area contributed by atoms with Gasteiger partial charge >= 0.3 is 0 Å². The van der Waals surface area contributed by atoms with Gasteiger partial charge in [0, 0.05) is 0 Å². The van der Waals surface area contributed by atoms with Crippen molar-refractivity contribution in [2.45, 2.75) is 33.6 Å². The molecule has 0 fully saturated rings. The Morgan fingerprint density at radius 3 is 2.33 bits per heavy atom. The lowest BCUT2D eigenvalue weighted by molar-refractivity contribution is -0.129. The van der Waals surface area contributed by atoms with Gasteiger partial charge in [0.15, 0.2) is 5.78 Å². The summed E-state index contributed by atoms with van der Waals surface area (Å²) in [5.41, 5.74) is 0. The van der Waals surface area contributed by atoms with Gasteiger partial charge < -0.3 is 0 Å². The van der Waals surface area contributed by atoms with Crippen LogP contribution in [-0.4, -0.2) is 11.6 Å². The summed E-state index contributed by atoms with van der Waals surface area (Å²) in [4.78, 5) is 22.3. The minimum atomic E-state index is -0.411. The van der Waals surface area contributed by atoms with Crippen LogP contribution in [-0.2, 0) is 9.59 Å². The fourth-order valence-corrected chi connectivity index (χ4v) is 1.11. The SMILES string of the molecule is CC=CC(=O)C(CCC)C(C)=O. The van der Waals surface area contributed by atoms with Gasteiger partial charge in [0.05, 0.1) is 5.92 Å². The molecule has 0 amide bonds. The molecule has 0 bridgehead atoms. The van der Waals surface area contributed by atoms with E-state index in [2.05, 4.69) is 0 Å². The summed E-state index contributed by atoms with van der Waals surface area (Å²) in [6.07, 6.45) is 4.68. The topological polar surface area (TPSA) is 34.1 Å². The lowest BCUT2D eigenvalue weighted by Gasteiger charge is -2.07. The predicted octanol–water partition coefficient (Wildman–Crippen LogP) is 2.14. The molecule has 2 heteroatoms. The van der Waals surface area contributed by atoms with Gasteiger partial charge in [-0.3, -0.25) is 9.59 Å². The number of allylic oxidation sites excluding steroid dienone is 2. The van der Waals surface area contributed by atoms with E-state index in [-0.39, 0.29) is 11.6 Å². The van der Waals surface area contributed by atoms with Crippen molar-refractivity contribution in [3.05, 3.63) is 12.2 Å². The third-order valence-corrected chi connectivity index (χ3v) is 1.74. The Bertz CT molecular complexity index is 192.